The molecule has 0 saturated heterocycles. The molecule has 21 heavy (non-hydrogen) atoms. The van der Waals surface area contributed by atoms with Crippen molar-refractivity contribution in [2.24, 2.45) is 0 Å². The van der Waals surface area contributed by atoms with Crippen LogP contribution in [0.4, 0.5) is 5.69 Å². The lowest BCUT2D eigenvalue weighted by molar-refractivity contribution is -0.384. The molecule has 2 rings (SSSR count). The lowest BCUT2D eigenvalue weighted by Crippen LogP contribution is -2.10. The molecule has 0 amide bonds. The summed E-state index contributed by atoms with van der Waals surface area (Å²) in [5.41, 5.74) is 0.438. The summed E-state index contributed by atoms with van der Waals surface area (Å²) in [4.78, 5) is 10.1. The Hall–Kier alpha value is -2.00. The average molecular weight is 331 g/mol. The van der Waals surface area contributed by atoms with E-state index in [0.29, 0.717) is 5.56 Å². The van der Waals surface area contributed by atoms with Crippen LogP contribution in [0.3, 0.4) is 0 Å². The zero-order valence-corrected chi connectivity index (χ0v) is 12.7. The summed E-state index contributed by atoms with van der Waals surface area (Å²) in [6.07, 6.45) is 0. The van der Waals surface area contributed by atoms with Crippen LogP contribution < -0.4 is 0 Å². The third-order valence-electron chi connectivity index (χ3n) is 2.74. The van der Waals surface area contributed by atoms with Crippen molar-refractivity contribution in [3.63, 3.8) is 0 Å². The van der Waals surface area contributed by atoms with E-state index >= 15 is 0 Å². The molecule has 0 aliphatic rings. The molecule has 0 atom stereocenters. The second-order valence-electron chi connectivity index (χ2n) is 4.51. The first-order valence-electron chi connectivity index (χ1n) is 5.86. The molecule has 10 heteroatoms. The minimum atomic E-state index is -4.03. The molecule has 0 unspecified atom stereocenters. The molecule has 112 valence electrons. The molecule has 0 fully saturated rings. The summed E-state index contributed by atoms with van der Waals surface area (Å²) < 4.78 is 24.4. The first kappa shape index (κ1) is 15.4. The highest BCUT2D eigenvalue weighted by atomic mass is 35.7. The summed E-state index contributed by atoms with van der Waals surface area (Å²) in [7, 11) is 1.30. The maximum Gasteiger partial charge on any atom is 0.296 e. The molecule has 1 aromatic carbocycles. The number of non-ortho nitro benzene ring substituents is 1. The van der Waals surface area contributed by atoms with Gasteiger partial charge < -0.3 is 0 Å². The first-order chi connectivity index (χ1) is 9.71. The van der Waals surface area contributed by atoms with Crippen molar-refractivity contribution >= 4 is 25.4 Å². The molecule has 0 aliphatic heterocycles. The third-order valence-corrected chi connectivity index (χ3v) is 3.86. The molecule has 0 bridgehead atoms. The highest BCUT2D eigenvalue weighted by Crippen LogP contribution is 2.27. The van der Waals surface area contributed by atoms with Gasteiger partial charge in [0.2, 0.25) is 0 Å². The molecule has 1 aromatic heterocycles. The number of nitro benzene ring substituents is 1. The van der Waals surface area contributed by atoms with Gasteiger partial charge in [0.1, 0.15) is 0 Å². The molecule has 0 N–H and O–H groups in total. The number of benzene rings is 1. The maximum atomic E-state index is 11.5. The standard InChI is InChI=1S/C11H11ClN4O4S/c1-7(2)15-10(13-14-11(15)21(12,19)20)8-3-5-9(6-4-8)16(17)18/h3-7H,1-2H3. The molecule has 0 aliphatic carbocycles. The first-order valence-corrected chi connectivity index (χ1v) is 8.17. The second-order valence-corrected chi connectivity index (χ2v) is 6.97. The van der Waals surface area contributed by atoms with E-state index < -0.39 is 14.0 Å². The van der Waals surface area contributed by atoms with Gasteiger partial charge in [0.05, 0.1) is 4.92 Å². The quantitative estimate of drug-likeness (QED) is 0.483. The Morgan fingerprint density at radius 1 is 1.24 bits per heavy atom. The van der Waals surface area contributed by atoms with Crippen LogP contribution in [-0.4, -0.2) is 28.1 Å². The Morgan fingerprint density at radius 3 is 2.24 bits per heavy atom. The van der Waals surface area contributed by atoms with Crippen molar-refractivity contribution in [1.29, 1.82) is 0 Å². The topological polar surface area (TPSA) is 108 Å². The fraction of sp³-hybridized carbons (Fsp3) is 0.273. The van der Waals surface area contributed by atoms with Gasteiger partial charge in [-0.1, -0.05) is 0 Å². The molecule has 1 heterocycles. The Balaban J connectivity index is 2.59. The SMILES string of the molecule is CC(C)n1c(-c2ccc([N+](=O)[O-])cc2)nnc1S(=O)(=O)Cl. The Labute approximate surface area is 124 Å². The number of nitro groups is 1. The minimum absolute atomic E-state index is 0.0699. The summed E-state index contributed by atoms with van der Waals surface area (Å²) in [6, 6.07) is 5.32. The van der Waals surface area contributed by atoms with E-state index in [1.165, 1.54) is 28.8 Å². The van der Waals surface area contributed by atoms with E-state index in [0.717, 1.165) is 0 Å². The van der Waals surface area contributed by atoms with Crippen molar-refractivity contribution in [3.8, 4) is 11.4 Å². The van der Waals surface area contributed by atoms with E-state index in [9.17, 15) is 18.5 Å². The van der Waals surface area contributed by atoms with Crippen molar-refractivity contribution in [2.75, 3.05) is 0 Å². The zero-order chi connectivity index (χ0) is 15.8. The second kappa shape index (κ2) is 5.41. The minimum Gasteiger partial charge on any atom is -0.294 e. The summed E-state index contributed by atoms with van der Waals surface area (Å²) in [5, 5.41) is 17.7. The van der Waals surface area contributed by atoms with Gasteiger partial charge in [-0.3, -0.25) is 14.7 Å². The van der Waals surface area contributed by atoms with Gasteiger partial charge in [0, 0.05) is 34.4 Å². The van der Waals surface area contributed by atoms with Gasteiger partial charge in [0.25, 0.3) is 19.9 Å². The van der Waals surface area contributed by atoms with E-state index in [1.807, 2.05) is 0 Å². The van der Waals surface area contributed by atoms with Crippen LogP contribution in [0.2, 0.25) is 0 Å². The van der Waals surface area contributed by atoms with Crippen LogP contribution in [0.25, 0.3) is 11.4 Å². The lowest BCUT2D eigenvalue weighted by atomic mass is 10.2. The molecule has 0 spiro atoms. The largest absolute Gasteiger partial charge is 0.296 e. The summed E-state index contributed by atoms with van der Waals surface area (Å²) >= 11 is 0. The van der Waals surface area contributed by atoms with Crippen molar-refractivity contribution < 1.29 is 13.3 Å². The number of hydrogen-bond donors (Lipinski definition) is 0. The normalized spacial score (nSPS) is 11.8. The van der Waals surface area contributed by atoms with Gasteiger partial charge in [-0.05, 0) is 26.0 Å². The van der Waals surface area contributed by atoms with Gasteiger partial charge >= 0.3 is 0 Å². The van der Waals surface area contributed by atoms with Crippen LogP contribution in [-0.2, 0) is 9.05 Å². The number of aromatic nitrogens is 3. The van der Waals surface area contributed by atoms with E-state index in [4.69, 9.17) is 10.7 Å². The monoisotopic (exact) mass is 330 g/mol. The molecule has 0 radical (unpaired) electrons. The Morgan fingerprint density at radius 2 is 1.81 bits per heavy atom. The van der Waals surface area contributed by atoms with Crippen LogP contribution in [0.1, 0.15) is 19.9 Å². The molecule has 8 nitrogen and oxygen atoms in total. The van der Waals surface area contributed by atoms with Crippen LogP contribution >= 0.6 is 10.7 Å². The fourth-order valence-electron chi connectivity index (χ4n) is 1.84. The van der Waals surface area contributed by atoms with Gasteiger partial charge in [0.15, 0.2) is 5.82 Å². The van der Waals surface area contributed by atoms with Crippen LogP contribution in [0, 0.1) is 10.1 Å². The molecular formula is C11H11ClN4O4S. The van der Waals surface area contributed by atoms with Gasteiger partial charge in [-0.15, -0.1) is 10.2 Å². The number of nitrogens with zero attached hydrogens (tertiary/aromatic N) is 4. The highest BCUT2D eigenvalue weighted by molar-refractivity contribution is 8.13. The van der Waals surface area contributed by atoms with Crippen molar-refractivity contribution in [2.45, 2.75) is 25.0 Å². The van der Waals surface area contributed by atoms with Gasteiger partial charge in [-0.25, -0.2) is 8.42 Å². The number of rotatable bonds is 4. The van der Waals surface area contributed by atoms with Crippen LogP contribution in [0.5, 0.6) is 0 Å². The summed E-state index contributed by atoms with van der Waals surface area (Å²) in [6.45, 7) is 3.51. The molecule has 0 saturated carbocycles. The number of halogens is 1. The highest BCUT2D eigenvalue weighted by Gasteiger charge is 2.25. The lowest BCUT2D eigenvalue weighted by Gasteiger charge is -2.12. The predicted octanol–water partition coefficient (Wildman–Crippen LogP) is 2.36. The van der Waals surface area contributed by atoms with E-state index in [-0.39, 0.29) is 22.7 Å². The number of hydrogen-bond acceptors (Lipinski definition) is 6. The van der Waals surface area contributed by atoms with Crippen molar-refractivity contribution in [1.82, 2.24) is 14.8 Å². The fourth-order valence-corrected chi connectivity index (χ4v) is 2.82. The molecular weight excluding hydrogens is 320 g/mol. The van der Waals surface area contributed by atoms with Crippen molar-refractivity contribution in [3.05, 3.63) is 34.4 Å². The smallest absolute Gasteiger partial charge is 0.294 e. The van der Waals surface area contributed by atoms with E-state index in [2.05, 4.69) is 10.2 Å². The molecule has 2 aromatic rings. The third kappa shape index (κ3) is 3.03. The maximum absolute atomic E-state index is 11.5. The van der Waals surface area contributed by atoms with Crippen LogP contribution in [0.15, 0.2) is 29.4 Å². The average Bonchev–Trinajstić information content (AvgIpc) is 2.83. The Kier molecular flexibility index (Phi) is 3.97. The Bertz CT molecular complexity index is 783. The predicted molar refractivity (Wildman–Crippen MR) is 75.5 cm³/mol. The van der Waals surface area contributed by atoms with Gasteiger partial charge in [-0.2, -0.15) is 0 Å². The van der Waals surface area contributed by atoms with E-state index in [1.54, 1.807) is 13.8 Å². The summed E-state index contributed by atoms with van der Waals surface area (Å²) in [5.74, 6) is 0.277. The zero-order valence-electron chi connectivity index (χ0n) is 11.1.